The molecule has 108 valence electrons. The molecule has 0 spiro atoms. The van der Waals surface area contributed by atoms with Crippen LogP contribution in [0.3, 0.4) is 0 Å². The Kier molecular flexibility index (Phi) is 4.36. The predicted molar refractivity (Wildman–Crippen MR) is 80.6 cm³/mol. The predicted octanol–water partition coefficient (Wildman–Crippen LogP) is 3.11. The van der Waals surface area contributed by atoms with Gasteiger partial charge in [-0.2, -0.15) is 0 Å². The maximum absolute atomic E-state index is 11.1. The molecule has 0 saturated heterocycles. The fourth-order valence-corrected chi connectivity index (χ4v) is 3.42. The first-order chi connectivity index (χ1) is 9.38. The number of nitrogens with zero attached hydrogens (tertiary/aromatic N) is 3. The molecule has 0 aliphatic rings. The van der Waals surface area contributed by atoms with Crippen molar-refractivity contribution in [3.63, 3.8) is 0 Å². The van der Waals surface area contributed by atoms with Crippen LogP contribution >= 0.6 is 22.7 Å². The van der Waals surface area contributed by atoms with Crippen LogP contribution in [0.4, 0.5) is 10.7 Å². The first-order valence-corrected chi connectivity index (χ1v) is 7.66. The Morgan fingerprint density at radius 1 is 1.60 bits per heavy atom. The van der Waals surface area contributed by atoms with E-state index >= 15 is 0 Å². The number of hydrogen-bond donors (Lipinski definition) is 1. The van der Waals surface area contributed by atoms with Crippen LogP contribution in [-0.2, 0) is 6.54 Å². The normalized spacial score (nSPS) is 12.4. The van der Waals surface area contributed by atoms with Crippen molar-refractivity contribution in [2.45, 2.75) is 26.5 Å². The van der Waals surface area contributed by atoms with Crippen molar-refractivity contribution in [3.8, 4) is 0 Å². The standard InChI is InChI=1S/C12H15N3O3S2/c1-7(16)11-4-10(15(17)18)12(20-11)14(3)5-9-6-19-8(2)13-9/h4,6-7,16H,5H2,1-3H3. The third-order valence-corrected chi connectivity index (χ3v) is 4.96. The van der Waals surface area contributed by atoms with Crippen LogP contribution in [0.25, 0.3) is 0 Å². The zero-order valence-corrected chi connectivity index (χ0v) is 13.0. The number of aliphatic hydroxyl groups excluding tert-OH is 1. The maximum Gasteiger partial charge on any atom is 0.304 e. The summed E-state index contributed by atoms with van der Waals surface area (Å²) in [4.78, 5) is 17.4. The SMILES string of the molecule is Cc1nc(CN(C)c2sc(C(C)O)cc2[N+](=O)[O-])cs1. The summed E-state index contributed by atoms with van der Waals surface area (Å²) in [7, 11) is 1.79. The number of aryl methyl sites for hydroxylation is 1. The fraction of sp³-hybridized carbons (Fsp3) is 0.417. The van der Waals surface area contributed by atoms with Crippen molar-refractivity contribution in [3.05, 3.63) is 37.1 Å². The number of rotatable bonds is 5. The molecule has 1 unspecified atom stereocenters. The van der Waals surface area contributed by atoms with Crippen LogP contribution in [0.5, 0.6) is 0 Å². The molecule has 1 N–H and O–H groups in total. The number of nitro groups is 1. The minimum Gasteiger partial charge on any atom is -0.388 e. The van der Waals surface area contributed by atoms with Crippen LogP contribution < -0.4 is 4.90 Å². The molecule has 2 aromatic rings. The van der Waals surface area contributed by atoms with Gasteiger partial charge in [0.05, 0.1) is 28.3 Å². The molecule has 0 aliphatic carbocycles. The lowest BCUT2D eigenvalue weighted by Crippen LogP contribution is -2.16. The van der Waals surface area contributed by atoms with Gasteiger partial charge in [-0.1, -0.05) is 0 Å². The van der Waals surface area contributed by atoms with E-state index < -0.39 is 11.0 Å². The van der Waals surface area contributed by atoms with Gasteiger partial charge in [0, 0.05) is 23.4 Å². The highest BCUT2D eigenvalue weighted by Crippen LogP contribution is 2.40. The highest BCUT2D eigenvalue weighted by Gasteiger charge is 2.24. The van der Waals surface area contributed by atoms with Gasteiger partial charge in [-0.05, 0) is 13.8 Å². The number of aromatic nitrogens is 1. The number of thiophene rings is 1. The zero-order valence-electron chi connectivity index (χ0n) is 11.4. The minimum atomic E-state index is -0.706. The molecule has 6 nitrogen and oxygen atoms in total. The lowest BCUT2D eigenvalue weighted by molar-refractivity contribution is -0.383. The smallest absolute Gasteiger partial charge is 0.304 e. The summed E-state index contributed by atoms with van der Waals surface area (Å²) >= 11 is 2.79. The Balaban J connectivity index is 2.28. The van der Waals surface area contributed by atoms with Crippen molar-refractivity contribution >= 4 is 33.4 Å². The van der Waals surface area contributed by atoms with E-state index in [-0.39, 0.29) is 5.69 Å². The summed E-state index contributed by atoms with van der Waals surface area (Å²) in [6.07, 6.45) is -0.706. The van der Waals surface area contributed by atoms with Gasteiger partial charge in [0.2, 0.25) is 0 Å². The fourth-order valence-electron chi connectivity index (χ4n) is 1.80. The Bertz CT molecular complexity index is 621. The molecule has 8 heteroatoms. The van der Waals surface area contributed by atoms with Crippen LogP contribution in [0.1, 0.15) is 28.6 Å². The number of aliphatic hydroxyl groups is 1. The number of thiazole rings is 1. The molecule has 0 fully saturated rings. The van der Waals surface area contributed by atoms with Crippen LogP contribution in [-0.4, -0.2) is 22.1 Å². The van der Waals surface area contributed by atoms with Crippen molar-refractivity contribution in [1.82, 2.24) is 4.98 Å². The Morgan fingerprint density at radius 2 is 2.30 bits per heavy atom. The average molecular weight is 313 g/mol. The molecule has 0 bridgehead atoms. The first kappa shape index (κ1) is 14.9. The second-order valence-electron chi connectivity index (χ2n) is 4.49. The minimum absolute atomic E-state index is 0.0281. The molecule has 0 radical (unpaired) electrons. The molecule has 2 aromatic heterocycles. The molecule has 1 atom stereocenters. The van der Waals surface area contributed by atoms with E-state index in [1.54, 1.807) is 30.2 Å². The highest BCUT2D eigenvalue weighted by molar-refractivity contribution is 7.16. The number of anilines is 1. The molecule has 20 heavy (non-hydrogen) atoms. The van der Waals surface area contributed by atoms with Crippen molar-refractivity contribution in [1.29, 1.82) is 0 Å². The first-order valence-electron chi connectivity index (χ1n) is 5.96. The van der Waals surface area contributed by atoms with Crippen molar-refractivity contribution < 1.29 is 10.0 Å². The van der Waals surface area contributed by atoms with Gasteiger partial charge in [-0.25, -0.2) is 4.98 Å². The molecular weight excluding hydrogens is 298 g/mol. The largest absolute Gasteiger partial charge is 0.388 e. The molecule has 0 amide bonds. The monoisotopic (exact) mass is 313 g/mol. The van der Waals surface area contributed by atoms with Gasteiger partial charge in [0.25, 0.3) is 0 Å². The second kappa shape index (κ2) is 5.86. The molecule has 0 aliphatic heterocycles. The summed E-state index contributed by atoms with van der Waals surface area (Å²) in [5, 5.41) is 24.1. The van der Waals surface area contributed by atoms with Gasteiger partial charge in [-0.3, -0.25) is 10.1 Å². The number of hydrogen-bond acceptors (Lipinski definition) is 7. The molecule has 0 aromatic carbocycles. The quantitative estimate of drug-likeness (QED) is 0.677. The maximum atomic E-state index is 11.1. The van der Waals surface area contributed by atoms with Crippen molar-refractivity contribution in [2.75, 3.05) is 11.9 Å². The van der Waals surface area contributed by atoms with Crippen LogP contribution in [0, 0.1) is 17.0 Å². The van der Waals surface area contributed by atoms with E-state index in [4.69, 9.17) is 0 Å². The highest BCUT2D eigenvalue weighted by atomic mass is 32.1. The molecule has 0 saturated carbocycles. The van der Waals surface area contributed by atoms with Gasteiger partial charge in [-0.15, -0.1) is 22.7 Å². The van der Waals surface area contributed by atoms with Crippen LogP contribution in [0.15, 0.2) is 11.4 Å². The van der Waals surface area contributed by atoms with E-state index in [0.717, 1.165) is 10.7 Å². The average Bonchev–Trinajstić information content (AvgIpc) is 2.95. The topological polar surface area (TPSA) is 79.5 Å². The Hall–Kier alpha value is -1.51. The summed E-state index contributed by atoms with van der Waals surface area (Å²) in [5.74, 6) is 0. The van der Waals surface area contributed by atoms with E-state index in [0.29, 0.717) is 16.4 Å². The molecule has 2 heterocycles. The second-order valence-corrected chi connectivity index (χ2v) is 6.61. The van der Waals surface area contributed by atoms with Gasteiger partial charge < -0.3 is 10.0 Å². The Labute approximate surface area is 124 Å². The van der Waals surface area contributed by atoms with E-state index in [1.165, 1.54) is 17.4 Å². The third-order valence-electron chi connectivity index (χ3n) is 2.73. The van der Waals surface area contributed by atoms with E-state index in [1.807, 2.05) is 12.3 Å². The molecule has 2 rings (SSSR count). The zero-order chi connectivity index (χ0) is 14.9. The molecular formula is C12H15N3O3S2. The summed E-state index contributed by atoms with van der Waals surface area (Å²) in [6, 6.07) is 1.44. The summed E-state index contributed by atoms with van der Waals surface area (Å²) in [6.45, 7) is 4.03. The van der Waals surface area contributed by atoms with Gasteiger partial charge in [0.1, 0.15) is 0 Å². The lowest BCUT2D eigenvalue weighted by Gasteiger charge is -2.15. The van der Waals surface area contributed by atoms with Gasteiger partial charge >= 0.3 is 5.69 Å². The van der Waals surface area contributed by atoms with Crippen molar-refractivity contribution in [2.24, 2.45) is 0 Å². The lowest BCUT2D eigenvalue weighted by atomic mass is 10.3. The summed E-state index contributed by atoms with van der Waals surface area (Å²) in [5.41, 5.74) is 0.914. The van der Waals surface area contributed by atoms with E-state index in [9.17, 15) is 15.2 Å². The van der Waals surface area contributed by atoms with E-state index in [2.05, 4.69) is 4.98 Å². The third kappa shape index (κ3) is 3.14. The van der Waals surface area contributed by atoms with Crippen LogP contribution in [0.2, 0.25) is 0 Å². The van der Waals surface area contributed by atoms with Gasteiger partial charge in [0.15, 0.2) is 5.00 Å². The summed E-state index contributed by atoms with van der Waals surface area (Å²) < 4.78 is 0. The Morgan fingerprint density at radius 3 is 2.80 bits per heavy atom.